The average molecular weight is 320 g/mol. The first-order valence-electron chi connectivity index (χ1n) is 5.05. The second-order valence-electron chi connectivity index (χ2n) is 3.50. The molecule has 0 amide bonds. The number of amidine groups is 1. The standard InChI is InChI=1S/C10H7F3N4OS2/c11-10(12,13)5-1-2-7(6(3-5)8(14)17-18)20-9-16-15-4-19-9/h1-4,18H,(H2,14,17). The number of nitrogens with two attached hydrogens (primary N) is 1. The van der Waals surface area contributed by atoms with Crippen molar-refractivity contribution in [3.05, 3.63) is 34.8 Å². The highest BCUT2D eigenvalue weighted by Gasteiger charge is 2.31. The van der Waals surface area contributed by atoms with Crippen LogP contribution in [0.3, 0.4) is 0 Å². The van der Waals surface area contributed by atoms with Gasteiger partial charge in [-0.25, -0.2) is 0 Å². The highest BCUT2D eigenvalue weighted by atomic mass is 32.2. The fourth-order valence-electron chi connectivity index (χ4n) is 1.35. The Bertz CT molecular complexity index is 628. The molecule has 2 rings (SSSR count). The summed E-state index contributed by atoms with van der Waals surface area (Å²) < 4.78 is 38.6. The molecule has 2 aromatic rings. The van der Waals surface area contributed by atoms with E-state index in [-0.39, 0.29) is 5.56 Å². The van der Waals surface area contributed by atoms with Gasteiger partial charge in [0.25, 0.3) is 0 Å². The Morgan fingerprint density at radius 3 is 2.70 bits per heavy atom. The Morgan fingerprint density at radius 2 is 2.15 bits per heavy atom. The van der Waals surface area contributed by atoms with E-state index in [0.717, 1.165) is 23.9 Å². The Hall–Kier alpha value is -1.81. The Labute approximate surface area is 119 Å². The molecule has 5 nitrogen and oxygen atoms in total. The van der Waals surface area contributed by atoms with E-state index < -0.39 is 17.6 Å². The quantitative estimate of drug-likeness (QED) is 0.393. The lowest BCUT2D eigenvalue weighted by atomic mass is 10.1. The van der Waals surface area contributed by atoms with E-state index in [4.69, 9.17) is 10.9 Å². The van der Waals surface area contributed by atoms with Gasteiger partial charge < -0.3 is 10.9 Å². The summed E-state index contributed by atoms with van der Waals surface area (Å²) in [6.07, 6.45) is -4.50. The van der Waals surface area contributed by atoms with Gasteiger partial charge >= 0.3 is 6.18 Å². The fraction of sp³-hybridized carbons (Fsp3) is 0.100. The van der Waals surface area contributed by atoms with E-state index in [0.29, 0.717) is 9.24 Å². The van der Waals surface area contributed by atoms with Crippen molar-refractivity contribution < 1.29 is 18.4 Å². The van der Waals surface area contributed by atoms with E-state index in [9.17, 15) is 13.2 Å². The molecule has 1 aromatic carbocycles. The minimum absolute atomic E-state index is 0.0116. The van der Waals surface area contributed by atoms with Crippen LogP contribution >= 0.6 is 23.1 Å². The molecule has 0 radical (unpaired) electrons. The minimum Gasteiger partial charge on any atom is -0.409 e. The predicted octanol–water partition coefficient (Wildman–Crippen LogP) is 2.80. The van der Waals surface area contributed by atoms with Gasteiger partial charge in [0.05, 0.1) is 5.56 Å². The molecule has 0 unspecified atom stereocenters. The molecule has 1 heterocycles. The van der Waals surface area contributed by atoms with E-state index in [1.165, 1.54) is 22.9 Å². The maximum Gasteiger partial charge on any atom is 0.416 e. The molecule has 0 saturated carbocycles. The van der Waals surface area contributed by atoms with Gasteiger partial charge in [0.15, 0.2) is 10.2 Å². The number of rotatable bonds is 3. The molecule has 20 heavy (non-hydrogen) atoms. The first-order chi connectivity index (χ1) is 9.41. The smallest absolute Gasteiger partial charge is 0.409 e. The summed E-state index contributed by atoms with van der Waals surface area (Å²) >= 11 is 2.32. The minimum atomic E-state index is -4.50. The van der Waals surface area contributed by atoms with Gasteiger partial charge in [0.1, 0.15) is 5.51 Å². The van der Waals surface area contributed by atoms with Crippen molar-refractivity contribution in [3.8, 4) is 0 Å². The molecule has 1 aromatic heterocycles. The third-order valence-electron chi connectivity index (χ3n) is 2.23. The lowest BCUT2D eigenvalue weighted by molar-refractivity contribution is -0.137. The van der Waals surface area contributed by atoms with Crippen molar-refractivity contribution >= 4 is 28.9 Å². The molecule has 0 atom stereocenters. The summed E-state index contributed by atoms with van der Waals surface area (Å²) in [6, 6.07) is 3.01. The molecule has 0 bridgehead atoms. The lowest BCUT2D eigenvalue weighted by Gasteiger charge is -2.11. The molecule has 0 fully saturated rings. The van der Waals surface area contributed by atoms with E-state index in [1.807, 2.05) is 0 Å². The highest BCUT2D eigenvalue weighted by Crippen LogP contribution is 2.36. The Morgan fingerprint density at radius 1 is 1.40 bits per heavy atom. The molecule has 0 aliphatic rings. The van der Waals surface area contributed by atoms with Crippen LogP contribution in [0.1, 0.15) is 11.1 Å². The van der Waals surface area contributed by atoms with Crippen LogP contribution in [-0.4, -0.2) is 21.2 Å². The van der Waals surface area contributed by atoms with Crippen LogP contribution in [0.2, 0.25) is 0 Å². The molecule has 0 spiro atoms. The number of nitrogens with zero attached hydrogens (tertiary/aromatic N) is 3. The third kappa shape index (κ3) is 3.20. The van der Waals surface area contributed by atoms with Gasteiger partial charge in [-0.3, -0.25) is 0 Å². The average Bonchev–Trinajstić information content (AvgIpc) is 2.90. The van der Waals surface area contributed by atoms with Crippen molar-refractivity contribution in [1.82, 2.24) is 10.2 Å². The molecule has 0 saturated heterocycles. The van der Waals surface area contributed by atoms with E-state index >= 15 is 0 Å². The van der Waals surface area contributed by atoms with Crippen LogP contribution < -0.4 is 5.73 Å². The third-order valence-corrected chi connectivity index (χ3v) is 4.08. The Kier molecular flexibility index (Phi) is 4.14. The Balaban J connectivity index is 2.46. The number of alkyl halides is 3. The monoisotopic (exact) mass is 320 g/mol. The SMILES string of the molecule is N/C(=N\O)c1cc(C(F)(F)F)ccc1Sc1nncs1. The molecule has 0 aliphatic heterocycles. The summed E-state index contributed by atoms with van der Waals surface area (Å²) in [5.41, 5.74) is 6.03. The zero-order chi connectivity index (χ0) is 14.8. The van der Waals surface area contributed by atoms with Crippen molar-refractivity contribution in [2.24, 2.45) is 10.9 Å². The van der Waals surface area contributed by atoms with Crippen LogP contribution in [0.15, 0.2) is 38.1 Å². The van der Waals surface area contributed by atoms with Gasteiger partial charge in [-0.05, 0) is 18.2 Å². The van der Waals surface area contributed by atoms with Crippen molar-refractivity contribution in [1.29, 1.82) is 0 Å². The topological polar surface area (TPSA) is 84.4 Å². The van der Waals surface area contributed by atoms with Crippen molar-refractivity contribution in [2.75, 3.05) is 0 Å². The van der Waals surface area contributed by atoms with Crippen LogP contribution in [0.5, 0.6) is 0 Å². The number of oxime groups is 1. The first-order valence-corrected chi connectivity index (χ1v) is 6.74. The van der Waals surface area contributed by atoms with Crippen molar-refractivity contribution in [2.45, 2.75) is 15.4 Å². The fourth-order valence-corrected chi connectivity index (χ4v) is 2.91. The molecule has 106 valence electrons. The number of hydrogen-bond donors (Lipinski definition) is 2. The summed E-state index contributed by atoms with van der Waals surface area (Å²) in [4.78, 5) is 0.394. The van der Waals surface area contributed by atoms with Crippen LogP contribution in [0.4, 0.5) is 13.2 Å². The zero-order valence-electron chi connectivity index (χ0n) is 9.63. The predicted molar refractivity (Wildman–Crippen MR) is 68.0 cm³/mol. The molecule has 0 aliphatic carbocycles. The van der Waals surface area contributed by atoms with Gasteiger partial charge in [-0.2, -0.15) is 13.2 Å². The number of benzene rings is 1. The number of aromatic nitrogens is 2. The molecular formula is C10H7F3N4OS2. The summed E-state index contributed by atoms with van der Waals surface area (Å²) in [7, 11) is 0. The second-order valence-corrected chi connectivity index (χ2v) is 5.62. The summed E-state index contributed by atoms with van der Waals surface area (Å²) in [5.74, 6) is -0.400. The normalized spacial score (nSPS) is 12.7. The second kappa shape index (κ2) is 5.67. The highest BCUT2D eigenvalue weighted by molar-refractivity contribution is 8.01. The molecule has 10 heteroatoms. The van der Waals surface area contributed by atoms with Gasteiger partial charge in [-0.15, -0.1) is 10.2 Å². The molecule has 3 N–H and O–H groups in total. The number of halogens is 3. The van der Waals surface area contributed by atoms with E-state index in [2.05, 4.69) is 15.4 Å². The van der Waals surface area contributed by atoms with E-state index in [1.54, 1.807) is 0 Å². The van der Waals surface area contributed by atoms with Crippen LogP contribution in [0.25, 0.3) is 0 Å². The number of hydrogen-bond acceptors (Lipinski definition) is 6. The van der Waals surface area contributed by atoms with Crippen LogP contribution in [-0.2, 0) is 6.18 Å². The van der Waals surface area contributed by atoms with Gasteiger partial charge in [0, 0.05) is 10.5 Å². The van der Waals surface area contributed by atoms with Crippen LogP contribution in [0, 0.1) is 0 Å². The van der Waals surface area contributed by atoms with Gasteiger partial charge in [-0.1, -0.05) is 28.3 Å². The molecular weight excluding hydrogens is 313 g/mol. The zero-order valence-corrected chi connectivity index (χ0v) is 11.3. The van der Waals surface area contributed by atoms with Gasteiger partial charge in [0.2, 0.25) is 0 Å². The lowest BCUT2D eigenvalue weighted by Crippen LogP contribution is -2.16. The maximum absolute atomic E-state index is 12.7. The summed E-state index contributed by atoms with van der Waals surface area (Å²) in [6.45, 7) is 0. The maximum atomic E-state index is 12.7. The first kappa shape index (κ1) is 14.6. The van der Waals surface area contributed by atoms with Crippen molar-refractivity contribution in [3.63, 3.8) is 0 Å². The summed E-state index contributed by atoms with van der Waals surface area (Å²) in [5, 5.41) is 18.8. The largest absolute Gasteiger partial charge is 0.416 e.